The van der Waals surface area contributed by atoms with E-state index in [1.807, 2.05) is 0 Å². The van der Waals surface area contributed by atoms with Crippen molar-refractivity contribution in [3.8, 4) is 0 Å². The first-order valence-electron chi connectivity index (χ1n) is 4.22. The first-order valence-corrected chi connectivity index (χ1v) is 4.85. The zero-order valence-electron chi connectivity index (χ0n) is 8.06. The zero-order valence-corrected chi connectivity index (χ0v) is 8.96. The fourth-order valence-corrected chi connectivity index (χ4v) is 1.20. The highest BCUT2D eigenvalue weighted by molar-refractivity contribution is 7.80. The van der Waals surface area contributed by atoms with Gasteiger partial charge in [-0.3, -0.25) is 9.59 Å². The molecule has 0 aromatic rings. The van der Waals surface area contributed by atoms with Crippen LogP contribution in [0.25, 0.3) is 0 Å². The number of nitrogens with one attached hydrogen (secondary N) is 1. The maximum absolute atomic E-state index is 11.4. The van der Waals surface area contributed by atoms with Gasteiger partial charge < -0.3 is 10.4 Å². The molecule has 14 heavy (non-hydrogen) atoms. The summed E-state index contributed by atoms with van der Waals surface area (Å²) in [6.07, 6.45) is 0.370. The van der Waals surface area contributed by atoms with E-state index in [0.29, 0.717) is 0 Å². The number of carbonyl (C=O) groups is 2. The van der Waals surface area contributed by atoms with E-state index in [-0.39, 0.29) is 23.9 Å². The van der Waals surface area contributed by atoms with Crippen LogP contribution in [0.3, 0.4) is 0 Å². The fraction of sp³-hybridized carbons (Fsp3) is 0.556. The summed E-state index contributed by atoms with van der Waals surface area (Å²) in [6.45, 7) is 4.68. The molecular weight excluding hydrogens is 202 g/mol. The third-order valence-corrected chi connectivity index (χ3v) is 2.00. The zero-order chi connectivity index (χ0) is 11.1. The standard InChI is InChI=1S/C9H15NO3S/c1-3-7(12)4-9(13)8(5-14)10-6(2)11/h3,7-8,12,14H,1,4-5H2,2H3,(H,10,11)/t7?,8-/m0/s1. The predicted octanol–water partition coefficient (Wildman–Crippen LogP) is -0.0730. The minimum atomic E-state index is -0.862. The average molecular weight is 217 g/mol. The topological polar surface area (TPSA) is 66.4 Å². The van der Waals surface area contributed by atoms with Crippen molar-refractivity contribution in [2.45, 2.75) is 25.5 Å². The van der Waals surface area contributed by atoms with Crippen LogP contribution in [0.2, 0.25) is 0 Å². The number of hydrogen-bond acceptors (Lipinski definition) is 4. The number of amides is 1. The van der Waals surface area contributed by atoms with Gasteiger partial charge in [-0.05, 0) is 0 Å². The SMILES string of the molecule is C=CC(O)CC(=O)[C@H](CS)NC(C)=O. The van der Waals surface area contributed by atoms with Crippen LogP contribution in [-0.4, -0.2) is 34.7 Å². The Morgan fingerprint density at radius 3 is 2.57 bits per heavy atom. The summed E-state index contributed by atoms with van der Waals surface area (Å²) >= 11 is 3.94. The molecule has 0 heterocycles. The van der Waals surface area contributed by atoms with Gasteiger partial charge in [-0.1, -0.05) is 6.08 Å². The maximum Gasteiger partial charge on any atom is 0.217 e. The lowest BCUT2D eigenvalue weighted by Crippen LogP contribution is -2.42. The van der Waals surface area contributed by atoms with Crippen molar-refractivity contribution in [1.82, 2.24) is 5.32 Å². The number of aliphatic hydroxyl groups is 1. The Labute approximate surface area is 88.8 Å². The molecule has 0 aliphatic carbocycles. The van der Waals surface area contributed by atoms with Gasteiger partial charge >= 0.3 is 0 Å². The first kappa shape index (κ1) is 13.2. The lowest BCUT2D eigenvalue weighted by atomic mass is 10.1. The largest absolute Gasteiger partial charge is 0.389 e. The number of hydrogen-bond donors (Lipinski definition) is 3. The Hall–Kier alpha value is -0.810. The molecule has 1 unspecified atom stereocenters. The fourth-order valence-electron chi connectivity index (χ4n) is 0.905. The van der Waals surface area contributed by atoms with E-state index in [4.69, 9.17) is 5.11 Å². The molecule has 0 rings (SSSR count). The molecule has 5 heteroatoms. The quantitative estimate of drug-likeness (QED) is 0.431. The molecule has 0 aliphatic heterocycles. The molecule has 0 bridgehead atoms. The van der Waals surface area contributed by atoms with E-state index in [1.54, 1.807) is 0 Å². The molecule has 0 spiro atoms. The second-order valence-electron chi connectivity index (χ2n) is 2.91. The van der Waals surface area contributed by atoms with Crippen LogP contribution in [0.1, 0.15) is 13.3 Å². The van der Waals surface area contributed by atoms with Crippen molar-refractivity contribution in [1.29, 1.82) is 0 Å². The molecule has 0 saturated carbocycles. The summed E-state index contributed by atoms with van der Waals surface area (Å²) in [4.78, 5) is 22.1. The molecule has 4 nitrogen and oxygen atoms in total. The van der Waals surface area contributed by atoms with Gasteiger partial charge in [-0.2, -0.15) is 12.6 Å². The van der Waals surface area contributed by atoms with E-state index < -0.39 is 12.1 Å². The minimum absolute atomic E-state index is 0.0466. The lowest BCUT2D eigenvalue weighted by molar-refractivity contribution is -0.127. The summed E-state index contributed by atoms with van der Waals surface area (Å²) in [6, 6.07) is -0.634. The molecule has 0 aromatic heterocycles. The molecule has 80 valence electrons. The number of aliphatic hydroxyl groups excluding tert-OH is 1. The summed E-state index contributed by atoms with van der Waals surface area (Å²) in [7, 11) is 0. The first-order chi connectivity index (χ1) is 6.51. The predicted molar refractivity (Wildman–Crippen MR) is 57.3 cm³/mol. The van der Waals surface area contributed by atoms with E-state index in [0.717, 1.165) is 0 Å². The Kier molecular flexibility index (Phi) is 6.23. The van der Waals surface area contributed by atoms with Crippen LogP contribution in [0, 0.1) is 0 Å². The summed E-state index contributed by atoms with van der Waals surface area (Å²) in [5.74, 6) is -0.310. The van der Waals surface area contributed by atoms with Gasteiger partial charge in [0, 0.05) is 19.1 Å². The van der Waals surface area contributed by atoms with E-state index in [9.17, 15) is 9.59 Å². The van der Waals surface area contributed by atoms with Gasteiger partial charge in [0.25, 0.3) is 0 Å². The van der Waals surface area contributed by atoms with Crippen molar-refractivity contribution in [3.05, 3.63) is 12.7 Å². The summed E-state index contributed by atoms with van der Waals surface area (Å²) < 4.78 is 0. The van der Waals surface area contributed by atoms with E-state index in [2.05, 4.69) is 24.5 Å². The van der Waals surface area contributed by atoms with Crippen LogP contribution in [0.4, 0.5) is 0 Å². The van der Waals surface area contributed by atoms with Gasteiger partial charge in [-0.25, -0.2) is 0 Å². The highest BCUT2D eigenvalue weighted by Gasteiger charge is 2.19. The van der Waals surface area contributed by atoms with Crippen molar-refractivity contribution in [2.24, 2.45) is 0 Å². The second-order valence-corrected chi connectivity index (χ2v) is 3.27. The van der Waals surface area contributed by atoms with Gasteiger partial charge in [0.1, 0.15) is 0 Å². The Morgan fingerprint density at radius 2 is 2.21 bits per heavy atom. The van der Waals surface area contributed by atoms with E-state index >= 15 is 0 Å². The molecule has 0 saturated heterocycles. The van der Waals surface area contributed by atoms with Crippen LogP contribution in [0.15, 0.2) is 12.7 Å². The van der Waals surface area contributed by atoms with Crippen LogP contribution < -0.4 is 5.32 Å². The number of rotatable bonds is 6. The van der Waals surface area contributed by atoms with Gasteiger partial charge in [0.05, 0.1) is 12.1 Å². The van der Waals surface area contributed by atoms with Crippen LogP contribution in [0.5, 0.6) is 0 Å². The molecule has 0 fully saturated rings. The minimum Gasteiger partial charge on any atom is -0.389 e. The van der Waals surface area contributed by atoms with Crippen molar-refractivity contribution >= 4 is 24.3 Å². The smallest absolute Gasteiger partial charge is 0.217 e. The summed E-state index contributed by atoms with van der Waals surface area (Å²) in [5.41, 5.74) is 0. The van der Waals surface area contributed by atoms with E-state index in [1.165, 1.54) is 13.0 Å². The third-order valence-electron chi connectivity index (χ3n) is 1.63. The molecular formula is C9H15NO3S. The van der Waals surface area contributed by atoms with Crippen LogP contribution >= 0.6 is 12.6 Å². The average Bonchev–Trinajstić information content (AvgIpc) is 2.13. The Morgan fingerprint density at radius 1 is 1.64 bits per heavy atom. The molecule has 0 radical (unpaired) electrons. The van der Waals surface area contributed by atoms with Crippen molar-refractivity contribution < 1.29 is 14.7 Å². The summed E-state index contributed by atoms with van der Waals surface area (Å²) in [5, 5.41) is 11.6. The maximum atomic E-state index is 11.4. The van der Waals surface area contributed by atoms with Crippen molar-refractivity contribution in [2.75, 3.05) is 5.75 Å². The highest BCUT2D eigenvalue weighted by Crippen LogP contribution is 2.00. The second kappa shape index (κ2) is 6.62. The number of thiol groups is 1. The normalized spacial score (nSPS) is 14.2. The number of ketones is 1. The van der Waals surface area contributed by atoms with Crippen LogP contribution in [-0.2, 0) is 9.59 Å². The molecule has 0 aromatic carbocycles. The number of Topliss-reactive ketones (excluding diaryl/α,β-unsaturated/α-hetero) is 1. The monoisotopic (exact) mass is 217 g/mol. The molecule has 2 N–H and O–H groups in total. The Balaban J connectivity index is 4.17. The molecule has 1 amide bonds. The molecule has 2 atom stereocenters. The lowest BCUT2D eigenvalue weighted by Gasteiger charge is -2.14. The van der Waals surface area contributed by atoms with Gasteiger partial charge in [0.2, 0.25) is 5.91 Å². The Bertz CT molecular complexity index is 230. The number of carbonyl (C=O) groups excluding carboxylic acids is 2. The molecule has 0 aliphatic rings. The van der Waals surface area contributed by atoms with Gasteiger partial charge in [-0.15, -0.1) is 6.58 Å². The highest BCUT2D eigenvalue weighted by atomic mass is 32.1. The van der Waals surface area contributed by atoms with Crippen molar-refractivity contribution in [3.63, 3.8) is 0 Å². The van der Waals surface area contributed by atoms with Gasteiger partial charge in [0.15, 0.2) is 5.78 Å². The third kappa shape index (κ3) is 5.04.